The third-order valence-corrected chi connectivity index (χ3v) is 2.53. The highest BCUT2D eigenvalue weighted by atomic mass is 19.4. The number of alkyl halides is 3. The summed E-state index contributed by atoms with van der Waals surface area (Å²) in [5.41, 5.74) is 5.62. The van der Waals surface area contributed by atoms with Crippen molar-refractivity contribution in [1.82, 2.24) is 14.8 Å². The van der Waals surface area contributed by atoms with E-state index in [1.807, 2.05) is 0 Å². The van der Waals surface area contributed by atoms with Gasteiger partial charge in [0.15, 0.2) is 0 Å². The molecule has 1 aliphatic heterocycles. The molecule has 1 aromatic heterocycles. The second-order valence-electron chi connectivity index (χ2n) is 3.78. The van der Waals surface area contributed by atoms with E-state index in [4.69, 9.17) is 5.73 Å². The summed E-state index contributed by atoms with van der Waals surface area (Å²) in [7, 11) is 0. The van der Waals surface area contributed by atoms with Gasteiger partial charge in [-0.25, -0.2) is 9.67 Å². The van der Waals surface area contributed by atoms with Gasteiger partial charge < -0.3 is 5.73 Å². The van der Waals surface area contributed by atoms with Crippen LogP contribution in [0.4, 0.5) is 13.2 Å². The quantitative estimate of drug-likeness (QED) is 0.714. The van der Waals surface area contributed by atoms with E-state index in [1.165, 1.54) is 4.68 Å². The summed E-state index contributed by atoms with van der Waals surface area (Å²) in [5.74, 6) is -0.502. The van der Waals surface area contributed by atoms with Gasteiger partial charge in [-0.3, -0.25) is 0 Å². The number of nitrogens with two attached hydrogens (primary N) is 1. The van der Waals surface area contributed by atoms with E-state index < -0.39 is 18.1 Å². The van der Waals surface area contributed by atoms with Gasteiger partial charge in [0.25, 0.3) is 0 Å². The highest BCUT2D eigenvalue weighted by molar-refractivity contribution is 5.02. The zero-order valence-corrected chi connectivity index (χ0v) is 8.12. The predicted octanol–water partition coefficient (Wildman–Crippen LogP) is 1.17. The number of hydrogen-bond donors (Lipinski definition) is 1. The van der Waals surface area contributed by atoms with Crippen molar-refractivity contribution in [2.45, 2.75) is 32.1 Å². The summed E-state index contributed by atoms with van der Waals surface area (Å²) >= 11 is 0. The topological polar surface area (TPSA) is 56.7 Å². The highest BCUT2D eigenvalue weighted by Crippen LogP contribution is 2.36. The Hall–Kier alpha value is -1.11. The zero-order chi connectivity index (χ0) is 11.2. The molecule has 7 heteroatoms. The van der Waals surface area contributed by atoms with Crippen LogP contribution in [0, 0.1) is 12.8 Å². The van der Waals surface area contributed by atoms with Crippen molar-refractivity contribution in [3.63, 3.8) is 0 Å². The average Bonchev–Trinajstić information content (AvgIpc) is 2.44. The van der Waals surface area contributed by atoms with Crippen molar-refractivity contribution in [1.29, 1.82) is 0 Å². The molecule has 0 amide bonds. The van der Waals surface area contributed by atoms with Crippen molar-refractivity contribution < 1.29 is 13.2 Å². The maximum atomic E-state index is 12.5. The van der Waals surface area contributed by atoms with E-state index in [1.54, 1.807) is 6.92 Å². The second kappa shape index (κ2) is 3.19. The number of aromatic nitrogens is 3. The van der Waals surface area contributed by atoms with Gasteiger partial charge in [-0.2, -0.15) is 18.3 Å². The van der Waals surface area contributed by atoms with Gasteiger partial charge in [-0.15, -0.1) is 0 Å². The van der Waals surface area contributed by atoms with Crippen LogP contribution in [0.15, 0.2) is 0 Å². The first-order valence-electron chi connectivity index (χ1n) is 4.61. The van der Waals surface area contributed by atoms with E-state index >= 15 is 0 Å². The summed E-state index contributed by atoms with van der Waals surface area (Å²) in [5, 5.41) is 3.89. The molecule has 15 heavy (non-hydrogen) atoms. The number of rotatable bonds is 0. The molecular formula is C8H11F3N4. The molecule has 2 heterocycles. The molecule has 0 saturated heterocycles. The Kier molecular flexibility index (Phi) is 2.22. The molecule has 1 aromatic rings. The lowest BCUT2D eigenvalue weighted by Crippen LogP contribution is -2.37. The van der Waals surface area contributed by atoms with Crippen LogP contribution in [-0.4, -0.2) is 20.9 Å². The molecule has 0 aromatic carbocycles. The lowest BCUT2D eigenvalue weighted by Gasteiger charge is -2.28. The molecule has 0 fully saturated rings. The third-order valence-electron chi connectivity index (χ3n) is 2.53. The predicted molar refractivity (Wildman–Crippen MR) is 45.8 cm³/mol. The molecule has 2 rings (SSSR count). The molecule has 0 bridgehead atoms. The van der Waals surface area contributed by atoms with Gasteiger partial charge in [0.05, 0.1) is 18.5 Å². The van der Waals surface area contributed by atoms with E-state index in [0.717, 1.165) is 0 Å². The minimum atomic E-state index is -4.21. The lowest BCUT2D eigenvalue weighted by atomic mass is 9.96. The fourth-order valence-electron chi connectivity index (χ4n) is 1.81. The Bertz CT molecular complexity index is 370. The second-order valence-corrected chi connectivity index (χ2v) is 3.78. The Balaban J connectivity index is 2.30. The van der Waals surface area contributed by atoms with E-state index in [0.29, 0.717) is 11.6 Å². The molecule has 0 radical (unpaired) electrons. The maximum absolute atomic E-state index is 12.5. The van der Waals surface area contributed by atoms with Crippen LogP contribution in [0.25, 0.3) is 0 Å². The summed E-state index contributed by atoms with van der Waals surface area (Å²) in [4.78, 5) is 4.01. The Labute approximate surface area is 84.3 Å². The molecule has 2 N–H and O–H groups in total. The molecule has 0 spiro atoms. The van der Waals surface area contributed by atoms with Crippen LogP contribution in [0.5, 0.6) is 0 Å². The van der Waals surface area contributed by atoms with E-state index in [2.05, 4.69) is 10.1 Å². The molecule has 2 atom stereocenters. The normalized spacial score (nSPS) is 26.5. The van der Waals surface area contributed by atoms with Gasteiger partial charge in [0.1, 0.15) is 11.6 Å². The van der Waals surface area contributed by atoms with Crippen LogP contribution in [0.2, 0.25) is 0 Å². The average molecular weight is 220 g/mol. The summed E-state index contributed by atoms with van der Waals surface area (Å²) in [6.45, 7) is 1.47. The van der Waals surface area contributed by atoms with Crippen molar-refractivity contribution in [3.05, 3.63) is 11.6 Å². The molecule has 4 nitrogen and oxygen atoms in total. The number of aryl methyl sites for hydroxylation is 1. The first-order chi connectivity index (χ1) is 6.88. The summed E-state index contributed by atoms with van der Waals surface area (Å²) in [6, 6.07) is -0.674. The maximum Gasteiger partial charge on any atom is 0.393 e. The highest BCUT2D eigenvalue weighted by Gasteiger charge is 2.44. The van der Waals surface area contributed by atoms with Crippen LogP contribution in [-0.2, 0) is 6.54 Å². The first kappa shape index (κ1) is 10.4. The van der Waals surface area contributed by atoms with Crippen molar-refractivity contribution >= 4 is 0 Å². The molecule has 0 aliphatic carbocycles. The Morgan fingerprint density at radius 3 is 2.73 bits per heavy atom. The van der Waals surface area contributed by atoms with Gasteiger partial charge >= 0.3 is 6.18 Å². The minimum Gasteiger partial charge on any atom is -0.321 e. The smallest absolute Gasteiger partial charge is 0.321 e. The van der Waals surface area contributed by atoms with Gasteiger partial charge in [0, 0.05) is 0 Å². The zero-order valence-electron chi connectivity index (χ0n) is 8.12. The monoisotopic (exact) mass is 220 g/mol. The molecular weight excluding hydrogens is 209 g/mol. The molecule has 1 aliphatic rings. The van der Waals surface area contributed by atoms with Crippen LogP contribution in [0.1, 0.15) is 24.1 Å². The van der Waals surface area contributed by atoms with Gasteiger partial charge in [0.2, 0.25) is 0 Å². The van der Waals surface area contributed by atoms with E-state index in [-0.39, 0.29) is 13.0 Å². The largest absolute Gasteiger partial charge is 0.393 e. The first-order valence-corrected chi connectivity index (χ1v) is 4.61. The van der Waals surface area contributed by atoms with Crippen molar-refractivity contribution in [2.24, 2.45) is 11.7 Å². The number of fused-ring (bicyclic) bond motifs is 1. The minimum absolute atomic E-state index is 0.109. The van der Waals surface area contributed by atoms with Crippen molar-refractivity contribution in [3.8, 4) is 0 Å². The molecule has 2 unspecified atom stereocenters. The SMILES string of the molecule is Cc1nc2n(n1)CC(C(F)(F)F)CC2N. The van der Waals surface area contributed by atoms with Gasteiger partial charge in [-0.05, 0) is 13.3 Å². The standard InChI is InChI=1S/C8H11F3N4/c1-4-13-7-6(12)2-5(8(9,10)11)3-15(7)14-4/h5-6H,2-3,12H2,1H3. The molecule has 84 valence electrons. The van der Waals surface area contributed by atoms with E-state index in [9.17, 15) is 13.2 Å². The van der Waals surface area contributed by atoms with Crippen molar-refractivity contribution in [2.75, 3.05) is 0 Å². The number of nitrogens with zero attached hydrogens (tertiary/aromatic N) is 3. The fourth-order valence-corrected chi connectivity index (χ4v) is 1.81. The van der Waals surface area contributed by atoms with Crippen LogP contribution < -0.4 is 5.73 Å². The Morgan fingerprint density at radius 1 is 1.47 bits per heavy atom. The summed E-state index contributed by atoms with van der Waals surface area (Å²) in [6.07, 6.45) is -4.32. The fraction of sp³-hybridized carbons (Fsp3) is 0.750. The van der Waals surface area contributed by atoms with Gasteiger partial charge in [-0.1, -0.05) is 0 Å². The third kappa shape index (κ3) is 1.83. The lowest BCUT2D eigenvalue weighted by molar-refractivity contribution is -0.184. The molecule has 0 saturated carbocycles. The van der Waals surface area contributed by atoms with Crippen LogP contribution in [0.3, 0.4) is 0 Å². The van der Waals surface area contributed by atoms with Crippen LogP contribution >= 0.6 is 0 Å². The number of halogens is 3. The number of hydrogen-bond acceptors (Lipinski definition) is 3. The summed E-state index contributed by atoms with van der Waals surface area (Å²) < 4.78 is 38.8. The Morgan fingerprint density at radius 2 is 2.13 bits per heavy atom.